The fourth-order valence-corrected chi connectivity index (χ4v) is 1.19. The van der Waals surface area contributed by atoms with Gasteiger partial charge in [-0.15, -0.1) is 0 Å². The predicted molar refractivity (Wildman–Crippen MR) is 63.1 cm³/mol. The van der Waals surface area contributed by atoms with E-state index in [4.69, 9.17) is 17.0 Å². The number of thiocarbonyl (C=S) groups is 1. The third kappa shape index (κ3) is 11.7. The number of hydrogen-bond acceptors (Lipinski definition) is 3. The van der Waals surface area contributed by atoms with E-state index >= 15 is 0 Å². The molecule has 0 N–H and O–H groups in total. The summed E-state index contributed by atoms with van der Waals surface area (Å²) in [5.74, 6) is 0.999. The molecule has 0 atom stereocenters. The van der Waals surface area contributed by atoms with E-state index in [0.717, 1.165) is 5.75 Å². The van der Waals surface area contributed by atoms with Crippen LogP contribution >= 0.6 is 51.0 Å². The first-order valence-electron chi connectivity index (χ1n) is 2.60. The fourth-order valence-electron chi connectivity index (χ4n) is 0.277. The Balaban J connectivity index is -0.000000245. The molecule has 0 aliphatic carbocycles. The smallest absolute Gasteiger partial charge is 0.219 e. The molecular formula is C5H14OS4. The third-order valence-corrected chi connectivity index (χ3v) is 1.64. The molecule has 0 heterocycles. The molecule has 0 amide bonds. The monoisotopic (exact) mass is 218 g/mol. The van der Waals surface area contributed by atoms with Crippen LogP contribution in [0.3, 0.4) is 0 Å². The SMILES string of the molecule is CCOC(=S)SCC.S.S. The molecule has 0 spiro atoms. The molecule has 0 radical (unpaired) electrons. The van der Waals surface area contributed by atoms with E-state index in [-0.39, 0.29) is 27.0 Å². The first-order chi connectivity index (χ1) is 3.81. The summed E-state index contributed by atoms with van der Waals surface area (Å²) >= 11 is 6.36. The van der Waals surface area contributed by atoms with Crippen molar-refractivity contribution < 1.29 is 4.74 Å². The Labute approximate surface area is 86.2 Å². The van der Waals surface area contributed by atoms with Gasteiger partial charge >= 0.3 is 0 Å². The van der Waals surface area contributed by atoms with Crippen LogP contribution in [0, 0.1) is 0 Å². The van der Waals surface area contributed by atoms with Gasteiger partial charge in [-0.3, -0.25) is 0 Å². The van der Waals surface area contributed by atoms with Crippen LogP contribution in [0.1, 0.15) is 13.8 Å². The normalized spacial score (nSPS) is 7.00. The second kappa shape index (κ2) is 12.6. The van der Waals surface area contributed by atoms with Gasteiger partial charge < -0.3 is 4.74 Å². The molecule has 0 saturated heterocycles. The highest BCUT2D eigenvalue weighted by Gasteiger charge is 1.90. The number of ether oxygens (including phenoxy) is 1. The highest BCUT2D eigenvalue weighted by Crippen LogP contribution is 2.03. The number of hydrogen-bond donors (Lipinski definition) is 0. The van der Waals surface area contributed by atoms with E-state index in [1.807, 2.05) is 6.92 Å². The Morgan fingerprint density at radius 1 is 1.40 bits per heavy atom. The van der Waals surface area contributed by atoms with Crippen LogP contribution in [0.2, 0.25) is 0 Å². The molecule has 0 unspecified atom stereocenters. The van der Waals surface area contributed by atoms with E-state index < -0.39 is 0 Å². The van der Waals surface area contributed by atoms with Crippen LogP contribution in [0.25, 0.3) is 0 Å². The molecule has 0 aromatic rings. The van der Waals surface area contributed by atoms with E-state index in [9.17, 15) is 0 Å². The Morgan fingerprint density at radius 3 is 2.20 bits per heavy atom. The first kappa shape index (κ1) is 17.1. The van der Waals surface area contributed by atoms with Gasteiger partial charge in [0, 0.05) is 0 Å². The molecule has 64 valence electrons. The minimum atomic E-state index is 0. The van der Waals surface area contributed by atoms with Gasteiger partial charge in [-0.1, -0.05) is 18.7 Å². The second-order valence-corrected chi connectivity index (χ2v) is 2.98. The van der Waals surface area contributed by atoms with Gasteiger partial charge in [0.1, 0.15) is 0 Å². The van der Waals surface area contributed by atoms with Gasteiger partial charge in [-0.2, -0.15) is 27.0 Å². The summed E-state index contributed by atoms with van der Waals surface area (Å²) in [5.41, 5.74) is 0. The molecular weight excluding hydrogens is 204 g/mol. The average Bonchev–Trinajstić information content (AvgIpc) is 1.68. The van der Waals surface area contributed by atoms with Crippen molar-refractivity contribution in [2.75, 3.05) is 12.4 Å². The summed E-state index contributed by atoms with van der Waals surface area (Å²) in [6, 6.07) is 0. The Kier molecular flexibility index (Phi) is 21.6. The minimum absolute atomic E-state index is 0. The first-order valence-corrected chi connectivity index (χ1v) is 4.00. The molecule has 1 nitrogen and oxygen atoms in total. The Bertz CT molecular complexity index is 68.0. The third-order valence-electron chi connectivity index (χ3n) is 0.524. The Hall–Kier alpha value is 0.940. The van der Waals surface area contributed by atoms with Crippen LogP contribution in [0.5, 0.6) is 0 Å². The second-order valence-electron chi connectivity index (χ2n) is 1.12. The zero-order chi connectivity index (χ0) is 6.41. The molecule has 0 aliphatic heterocycles. The van der Waals surface area contributed by atoms with E-state index in [2.05, 4.69) is 6.92 Å². The molecule has 0 rings (SSSR count). The lowest BCUT2D eigenvalue weighted by molar-refractivity contribution is 0.346. The van der Waals surface area contributed by atoms with Gasteiger partial charge in [-0.25, -0.2) is 0 Å². The zero-order valence-electron chi connectivity index (χ0n) is 6.14. The fraction of sp³-hybridized carbons (Fsp3) is 0.800. The summed E-state index contributed by atoms with van der Waals surface area (Å²) in [4.78, 5) is 0. The van der Waals surface area contributed by atoms with Crippen molar-refractivity contribution in [3.8, 4) is 0 Å². The molecule has 0 bridgehead atoms. The maximum absolute atomic E-state index is 4.98. The quantitative estimate of drug-likeness (QED) is 0.658. The molecule has 10 heavy (non-hydrogen) atoms. The van der Waals surface area contributed by atoms with Crippen molar-refractivity contribution in [1.82, 2.24) is 0 Å². The molecule has 0 aliphatic rings. The number of rotatable bonds is 2. The summed E-state index contributed by atoms with van der Waals surface area (Å²) in [5, 5.41) is 0. The standard InChI is InChI=1S/C5H10OS2.2H2S/c1-3-6-5(7)8-4-2;;/h3-4H2,1-2H3;2*1H2. The predicted octanol–water partition coefficient (Wildman–Crippen LogP) is 2.29. The van der Waals surface area contributed by atoms with Crippen molar-refractivity contribution >= 4 is 55.4 Å². The lowest BCUT2D eigenvalue weighted by Crippen LogP contribution is -1.95. The largest absolute Gasteiger partial charge is 0.479 e. The highest BCUT2D eigenvalue weighted by atomic mass is 32.2. The van der Waals surface area contributed by atoms with Gasteiger partial charge in [-0.05, 0) is 24.9 Å². The molecule has 5 heteroatoms. The van der Waals surface area contributed by atoms with Gasteiger partial charge in [0.05, 0.1) is 6.61 Å². The topological polar surface area (TPSA) is 9.23 Å². The van der Waals surface area contributed by atoms with Crippen LogP contribution in [-0.2, 0) is 4.74 Å². The molecule has 0 aromatic carbocycles. The Morgan fingerprint density at radius 2 is 1.90 bits per heavy atom. The summed E-state index contributed by atoms with van der Waals surface area (Å²) in [7, 11) is 0. The summed E-state index contributed by atoms with van der Waals surface area (Å²) < 4.78 is 5.64. The van der Waals surface area contributed by atoms with Gasteiger partial charge in [0.25, 0.3) is 0 Å². The summed E-state index contributed by atoms with van der Waals surface area (Å²) in [6.45, 7) is 4.67. The van der Waals surface area contributed by atoms with Crippen molar-refractivity contribution in [2.24, 2.45) is 0 Å². The van der Waals surface area contributed by atoms with Crippen molar-refractivity contribution in [1.29, 1.82) is 0 Å². The van der Waals surface area contributed by atoms with Crippen LogP contribution in [-0.4, -0.2) is 16.7 Å². The lowest BCUT2D eigenvalue weighted by atomic mass is 10.9. The molecule has 0 aromatic heterocycles. The van der Waals surface area contributed by atoms with Crippen LogP contribution < -0.4 is 0 Å². The van der Waals surface area contributed by atoms with Crippen molar-refractivity contribution in [3.63, 3.8) is 0 Å². The number of thioether (sulfide) groups is 1. The average molecular weight is 218 g/mol. The highest BCUT2D eigenvalue weighted by molar-refractivity contribution is 8.22. The van der Waals surface area contributed by atoms with Gasteiger partial charge in [0.2, 0.25) is 4.38 Å². The van der Waals surface area contributed by atoms with Crippen LogP contribution in [0.15, 0.2) is 0 Å². The van der Waals surface area contributed by atoms with E-state index in [1.165, 1.54) is 0 Å². The van der Waals surface area contributed by atoms with E-state index in [0.29, 0.717) is 11.0 Å². The van der Waals surface area contributed by atoms with Crippen molar-refractivity contribution in [3.05, 3.63) is 0 Å². The van der Waals surface area contributed by atoms with Crippen LogP contribution in [0.4, 0.5) is 0 Å². The maximum Gasteiger partial charge on any atom is 0.219 e. The van der Waals surface area contributed by atoms with E-state index in [1.54, 1.807) is 11.8 Å². The maximum atomic E-state index is 4.98. The minimum Gasteiger partial charge on any atom is -0.479 e. The molecule has 0 fully saturated rings. The zero-order valence-corrected chi connectivity index (χ0v) is 9.77. The van der Waals surface area contributed by atoms with Gasteiger partial charge in [0.15, 0.2) is 0 Å². The summed E-state index contributed by atoms with van der Waals surface area (Å²) in [6.07, 6.45) is 0. The van der Waals surface area contributed by atoms with Crippen molar-refractivity contribution in [2.45, 2.75) is 13.8 Å². The molecule has 0 saturated carbocycles. The lowest BCUT2D eigenvalue weighted by Gasteiger charge is -1.99.